The van der Waals surface area contributed by atoms with Gasteiger partial charge in [0, 0.05) is 30.4 Å². The normalized spacial score (nSPS) is 13.0. The lowest BCUT2D eigenvalue weighted by Crippen LogP contribution is -2.43. The second-order valence-electron chi connectivity index (χ2n) is 22.7. The second-order valence-corrected chi connectivity index (χ2v) is 33.2. The molecule has 0 amide bonds. The first-order valence-electron chi connectivity index (χ1n) is 26.5. The van der Waals surface area contributed by atoms with E-state index in [1.54, 1.807) is 115 Å². The van der Waals surface area contributed by atoms with Gasteiger partial charge in [-0.3, -0.25) is 14.4 Å². The zero-order valence-electron chi connectivity index (χ0n) is 48.7. The summed E-state index contributed by atoms with van der Waals surface area (Å²) in [6.45, 7) is 26.1. The largest absolute Gasteiger partial charge is 0.495 e. The number of benzene rings is 4. The summed E-state index contributed by atoms with van der Waals surface area (Å²) in [6.07, 6.45) is 10.2. The average Bonchev–Trinajstić information content (AvgIpc) is 4.09. The van der Waals surface area contributed by atoms with Crippen LogP contribution in [0.5, 0.6) is 11.5 Å². The Balaban J connectivity index is 0.000000218. The number of carbonyl (C=O) groups is 1. The highest BCUT2D eigenvalue weighted by Crippen LogP contribution is 2.39. The zero-order chi connectivity index (χ0) is 59.6. The van der Waals surface area contributed by atoms with Gasteiger partial charge in [-0.05, 0) is 162 Å². The summed E-state index contributed by atoms with van der Waals surface area (Å²) in [6, 6.07) is 29.1. The van der Waals surface area contributed by atoms with E-state index in [1.807, 2.05) is 53.6 Å². The number of nitrogens with zero attached hydrogens (tertiary/aromatic N) is 6. The number of imidazole rings is 2. The number of rotatable bonds is 17. The number of aryl methyl sites for hydroxylation is 2. The van der Waals surface area contributed by atoms with E-state index in [1.165, 1.54) is 24.3 Å². The van der Waals surface area contributed by atoms with E-state index in [9.17, 15) is 28.3 Å². The molecule has 0 saturated carbocycles. The molecule has 8 rings (SSSR count). The fraction of sp³-hybridized carbons (Fsp3) is 0.339. The maximum Gasteiger partial charge on any atom is 0.265 e. The molecular formula is C62H75BrF2N6O8Si2. The standard InChI is InChI=1S/C31H38FN3O4Si.C19H25BrFNO2Si.C12H12N2O2/c1-21-18-34(20-33-21)26-15-12-23(17-28(26)38-5)29(36)25-9-8-16-35(30(25)37)27(22-10-13-24(32)14-11-22)19-39-40(6,7)31(2,3)4;1-19(2,3)25(4,5)24-13-17(14-8-10-15(21)11-9-14)22-12-6-7-16(20)18(22)23;1-9-6-14(8-13-9)11-4-3-10(7-15)5-12(11)16-2/h8-18,20,27,29,36H,19H2,1-7H3;6-12,17H,13H2,1-5H3;3-8H,1-2H3. The number of aliphatic hydroxyl groups is 1. The van der Waals surface area contributed by atoms with Crippen LogP contribution in [-0.2, 0) is 8.85 Å². The topological polar surface area (TPSA) is 154 Å². The van der Waals surface area contributed by atoms with Crippen molar-refractivity contribution < 1.29 is 37.0 Å². The molecule has 81 heavy (non-hydrogen) atoms. The molecule has 4 heterocycles. The fourth-order valence-electron chi connectivity index (χ4n) is 8.10. The van der Waals surface area contributed by atoms with Crippen molar-refractivity contribution in [3.05, 3.63) is 223 Å². The van der Waals surface area contributed by atoms with Crippen molar-refractivity contribution in [1.82, 2.24) is 28.2 Å². The van der Waals surface area contributed by atoms with Gasteiger partial charge in [0.25, 0.3) is 11.1 Å². The fourth-order valence-corrected chi connectivity index (χ4v) is 10.5. The number of aldehydes is 1. The van der Waals surface area contributed by atoms with Gasteiger partial charge in [0.2, 0.25) is 0 Å². The molecule has 0 fully saturated rings. The minimum Gasteiger partial charge on any atom is -0.495 e. The molecule has 0 saturated heterocycles. The Bertz CT molecular complexity index is 3510. The molecule has 0 bridgehead atoms. The van der Waals surface area contributed by atoms with Crippen LogP contribution in [0.25, 0.3) is 11.4 Å². The van der Waals surface area contributed by atoms with Gasteiger partial charge in [-0.25, -0.2) is 18.7 Å². The third kappa shape index (κ3) is 15.8. The van der Waals surface area contributed by atoms with E-state index in [2.05, 4.69) is 93.6 Å². The summed E-state index contributed by atoms with van der Waals surface area (Å²) in [5.41, 5.74) is 5.88. The van der Waals surface area contributed by atoms with E-state index < -0.39 is 28.8 Å². The van der Waals surface area contributed by atoms with Gasteiger partial charge < -0.3 is 41.7 Å². The third-order valence-corrected chi connectivity index (χ3v) is 24.7. The lowest BCUT2D eigenvalue weighted by Gasteiger charge is -2.37. The summed E-state index contributed by atoms with van der Waals surface area (Å²) in [5, 5.41) is 11.4. The van der Waals surface area contributed by atoms with Crippen molar-refractivity contribution in [2.45, 2.75) is 110 Å². The van der Waals surface area contributed by atoms with E-state index in [-0.39, 0.29) is 51.0 Å². The first-order valence-corrected chi connectivity index (χ1v) is 33.1. The quantitative estimate of drug-likeness (QED) is 0.0688. The van der Waals surface area contributed by atoms with E-state index in [4.69, 9.17) is 18.3 Å². The van der Waals surface area contributed by atoms with Crippen molar-refractivity contribution in [2.24, 2.45) is 0 Å². The summed E-state index contributed by atoms with van der Waals surface area (Å²) >= 11 is 3.30. The molecule has 0 aliphatic heterocycles. The molecule has 0 spiro atoms. The maximum atomic E-state index is 13.9. The zero-order valence-corrected chi connectivity index (χ0v) is 52.3. The molecule has 4 aromatic carbocycles. The van der Waals surface area contributed by atoms with Gasteiger partial charge in [0.05, 0.1) is 85.0 Å². The lowest BCUT2D eigenvalue weighted by atomic mass is 10.0. The van der Waals surface area contributed by atoms with E-state index in [0.717, 1.165) is 40.2 Å². The number of aliphatic hydroxyl groups excluding tert-OH is 1. The maximum absolute atomic E-state index is 13.9. The minimum atomic E-state index is -2.15. The molecule has 0 aliphatic carbocycles. The van der Waals surface area contributed by atoms with Gasteiger partial charge in [0.1, 0.15) is 35.5 Å². The van der Waals surface area contributed by atoms with Crippen LogP contribution < -0.4 is 20.6 Å². The summed E-state index contributed by atoms with van der Waals surface area (Å²) in [4.78, 5) is 45.5. The molecule has 19 heteroatoms. The highest BCUT2D eigenvalue weighted by Gasteiger charge is 2.39. The Hall–Kier alpha value is -6.88. The Morgan fingerprint density at radius 2 is 1.04 bits per heavy atom. The Morgan fingerprint density at radius 3 is 1.46 bits per heavy atom. The predicted molar refractivity (Wildman–Crippen MR) is 324 cm³/mol. The molecule has 430 valence electrons. The van der Waals surface area contributed by atoms with Gasteiger partial charge in [0.15, 0.2) is 16.6 Å². The van der Waals surface area contributed by atoms with Crippen LogP contribution in [0, 0.1) is 25.5 Å². The molecule has 3 unspecified atom stereocenters. The van der Waals surface area contributed by atoms with Crippen molar-refractivity contribution >= 4 is 38.9 Å². The van der Waals surface area contributed by atoms with Crippen LogP contribution in [0.1, 0.15) is 104 Å². The number of hydrogen-bond donors (Lipinski definition) is 1. The summed E-state index contributed by atoms with van der Waals surface area (Å²) in [5.74, 6) is 0.543. The summed E-state index contributed by atoms with van der Waals surface area (Å²) in [7, 11) is -0.988. The molecule has 0 aliphatic rings. The number of carbonyl (C=O) groups excluding carboxylic acids is 1. The van der Waals surface area contributed by atoms with Crippen LogP contribution >= 0.6 is 15.9 Å². The molecular weight excluding hydrogens is 1130 g/mol. The Kier molecular flexibility index (Phi) is 21.0. The van der Waals surface area contributed by atoms with Crippen LogP contribution in [0.2, 0.25) is 36.3 Å². The first kappa shape index (κ1) is 63.3. The first-order chi connectivity index (χ1) is 38.1. The van der Waals surface area contributed by atoms with Crippen molar-refractivity contribution in [2.75, 3.05) is 27.4 Å². The molecule has 1 N–H and O–H groups in total. The highest BCUT2D eigenvalue weighted by molar-refractivity contribution is 9.10. The molecule has 3 atom stereocenters. The molecule has 8 aromatic rings. The molecule has 0 radical (unpaired) electrons. The number of ether oxygens (including phenoxy) is 2. The number of methoxy groups -OCH3 is 2. The smallest absolute Gasteiger partial charge is 0.265 e. The van der Waals surface area contributed by atoms with Crippen LogP contribution in [0.15, 0.2) is 161 Å². The third-order valence-electron chi connectivity index (χ3n) is 15.1. The Labute approximate surface area is 484 Å². The average molecular weight is 1210 g/mol. The van der Waals surface area contributed by atoms with Gasteiger partial charge >= 0.3 is 0 Å². The summed E-state index contributed by atoms with van der Waals surface area (Å²) < 4.78 is 58.2. The molecule has 14 nitrogen and oxygen atoms in total. The number of halogens is 3. The van der Waals surface area contributed by atoms with Crippen molar-refractivity contribution in [1.29, 1.82) is 0 Å². The lowest BCUT2D eigenvalue weighted by molar-refractivity contribution is 0.112. The molecule has 4 aromatic heterocycles. The van der Waals surface area contributed by atoms with Crippen LogP contribution in [0.4, 0.5) is 8.78 Å². The number of hydrogen-bond acceptors (Lipinski definition) is 10. The van der Waals surface area contributed by atoms with Crippen molar-refractivity contribution in [3.8, 4) is 22.9 Å². The van der Waals surface area contributed by atoms with Gasteiger partial charge in [-0.2, -0.15) is 0 Å². The van der Waals surface area contributed by atoms with Gasteiger partial charge in [-0.1, -0.05) is 71.9 Å². The Morgan fingerprint density at radius 1 is 0.617 bits per heavy atom. The van der Waals surface area contributed by atoms with E-state index in [0.29, 0.717) is 33.7 Å². The predicted octanol–water partition coefficient (Wildman–Crippen LogP) is 13.5. The highest BCUT2D eigenvalue weighted by atomic mass is 79.9. The second kappa shape index (κ2) is 26.8. The van der Waals surface area contributed by atoms with Crippen molar-refractivity contribution in [3.63, 3.8) is 0 Å². The number of pyridine rings is 2. The van der Waals surface area contributed by atoms with Crippen LogP contribution in [0.3, 0.4) is 0 Å². The van der Waals surface area contributed by atoms with Gasteiger partial charge in [-0.15, -0.1) is 0 Å². The SMILES string of the molecule is CC(C)(C)[Si](C)(C)OCC(c1ccc(F)cc1)n1cccc(Br)c1=O.COc1cc(C(O)c2cccn(C(CO[Si](C)(C)C(C)(C)C)c3ccc(F)cc3)c2=O)ccc1-n1cnc(C)c1.COc1cc(C=O)ccc1-n1cnc(C)c1. The minimum absolute atomic E-state index is 0.0238. The monoisotopic (exact) mass is 1200 g/mol. The van der Waals surface area contributed by atoms with E-state index >= 15 is 0 Å². The van der Waals surface area contributed by atoms with Crippen LogP contribution in [-0.4, -0.2) is 83.7 Å². The number of aromatic nitrogens is 6.